The Labute approximate surface area is 133 Å². The van der Waals surface area contributed by atoms with Crippen LogP contribution in [0.25, 0.3) is 0 Å². The Morgan fingerprint density at radius 3 is 2.26 bits per heavy atom. The first-order valence-corrected chi connectivity index (χ1v) is 8.11. The van der Waals surface area contributed by atoms with Gasteiger partial charge in [0.1, 0.15) is 0 Å². The van der Waals surface area contributed by atoms with Gasteiger partial charge in [0, 0.05) is 19.6 Å². The lowest BCUT2D eigenvalue weighted by molar-refractivity contribution is -0.195. The molecular weight excluding hydrogens is 313 g/mol. The third-order valence-electron chi connectivity index (χ3n) is 4.98. The summed E-state index contributed by atoms with van der Waals surface area (Å²) in [5.74, 6) is -3.20. The van der Waals surface area contributed by atoms with Gasteiger partial charge in [-0.15, -0.1) is 0 Å². The molecule has 132 valence electrons. The second-order valence-electron chi connectivity index (χ2n) is 6.48. The van der Waals surface area contributed by atoms with Crippen LogP contribution in [0.15, 0.2) is 0 Å². The monoisotopic (exact) mass is 336 g/mol. The van der Waals surface area contributed by atoms with Crippen molar-refractivity contribution < 1.29 is 27.9 Å². The number of urea groups is 1. The number of carbonyl (C=O) groups excluding carboxylic acids is 1. The van der Waals surface area contributed by atoms with E-state index in [9.17, 15) is 22.8 Å². The number of alkyl halides is 3. The largest absolute Gasteiger partial charge is 0.481 e. The number of hydrogen-bond donors (Lipinski definition) is 2. The minimum atomic E-state index is -4.21. The zero-order valence-corrected chi connectivity index (χ0v) is 12.9. The van der Waals surface area contributed by atoms with Gasteiger partial charge in [0.25, 0.3) is 0 Å². The van der Waals surface area contributed by atoms with Crippen molar-refractivity contribution in [3.8, 4) is 0 Å². The van der Waals surface area contributed by atoms with Gasteiger partial charge in [-0.3, -0.25) is 4.79 Å². The molecule has 0 unspecified atom stereocenters. The number of aliphatic carboxylic acids is 1. The number of hydrogen-bond acceptors (Lipinski definition) is 2. The van der Waals surface area contributed by atoms with Crippen LogP contribution in [0.2, 0.25) is 0 Å². The molecular formula is C15H23F3N2O3. The van der Waals surface area contributed by atoms with Crippen LogP contribution < -0.4 is 5.32 Å². The van der Waals surface area contributed by atoms with Gasteiger partial charge in [-0.25, -0.2) is 4.79 Å². The molecule has 0 aromatic heterocycles. The Kier molecular flexibility index (Phi) is 5.75. The van der Waals surface area contributed by atoms with E-state index < -0.39 is 29.9 Å². The van der Waals surface area contributed by atoms with Gasteiger partial charge in [-0.2, -0.15) is 13.2 Å². The zero-order valence-electron chi connectivity index (χ0n) is 12.9. The summed E-state index contributed by atoms with van der Waals surface area (Å²) in [6.45, 7) is 0.689. The van der Waals surface area contributed by atoms with E-state index in [1.165, 1.54) is 4.90 Å². The first-order chi connectivity index (χ1) is 10.8. The van der Waals surface area contributed by atoms with Gasteiger partial charge in [0.2, 0.25) is 0 Å². The second-order valence-corrected chi connectivity index (χ2v) is 6.48. The van der Waals surface area contributed by atoms with Crippen LogP contribution in [0.3, 0.4) is 0 Å². The second kappa shape index (κ2) is 7.40. The molecule has 2 amide bonds. The molecule has 23 heavy (non-hydrogen) atoms. The zero-order chi connectivity index (χ0) is 17.0. The van der Waals surface area contributed by atoms with Gasteiger partial charge in [0.05, 0.1) is 11.8 Å². The summed E-state index contributed by atoms with van der Waals surface area (Å²) in [6, 6.07) is -0.389. The highest BCUT2D eigenvalue weighted by Gasteiger charge is 2.45. The molecule has 2 aliphatic rings. The average Bonchev–Trinajstić information content (AvgIpc) is 2.52. The van der Waals surface area contributed by atoms with Gasteiger partial charge in [0.15, 0.2) is 0 Å². The number of halogens is 3. The van der Waals surface area contributed by atoms with Crippen molar-refractivity contribution in [1.29, 1.82) is 0 Å². The lowest BCUT2D eigenvalue weighted by atomic mass is 9.79. The Hall–Kier alpha value is -1.47. The Bertz CT molecular complexity index is 434. The first-order valence-electron chi connectivity index (χ1n) is 8.11. The number of nitrogens with one attached hydrogen (secondary N) is 1. The number of carboxylic acid groups (broad SMARTS) is 1. The molecule has 1 heterocycles. The highest BCUT2D eigenvalue weighted by Crippen LogP contribution is 2.41. The molecule has 8 heteroatoms. The molecule has 1 aliphatic heterocycles. The van der Waals surface area contributed by atoms with E-state index >= 15 is 0 Å². The molecule has 0 spiro atoms. The van der Waals surface area contributed by atoms with Gasteiger partial charge < -0.3 is 15.3 Å². The third-order valence-corrected chi connectivity index (χ3v) is 4.98. The molecule has 5 nitrogen and oxygen atoms in total. The normalized spacial score (nSPS) is 26.8. The summed E-state index contributed by atoms with van der Waals surface area (Å²) < 4.78 is 39.0. The molecule has 0 aromatic carbocycles. The fraction of sp³-hybridized carbons (Fsp3) is 0.867. The minimum Gasteiger partial charge on any atom is -0.481 e. The van der Waals surface area contributed by atoms with E-state index in [4.69, 9.17) is 5.11 Å². The summed E-state index contributed by atoms with van der Waals surface area (Å²) in [5.41, 5.74) is 0. The van der Waals surface area contributed by atoms with Crippen molar-refractivity contribution >= 4 is 12.0 Å². The number of carboxylic acids is 1. The van der Waals surface area contributed by atoms with Gasteiger partial charge in [-0.05, 0) is 31.6 Å². The molecule has 1 aliphatic carbocycles. The number of carbonyl (C=O) groups is 2. The van der Waals surface area contributed by atoms with Crippen molar-refractivity contribution in [3.63, 3.8) is 0 Å². The molecule has 1 saturated heterocycles. The van der Waals surface area contributed by atoms with Crippen LogP contribution >= 0.6 is 0 Å². The van der Waals surface area contributed by atoms with E-state index in [1.54, 1.807) is 0 Å². The summed E-state index contributed by atoms with van der Waals surface area (Å²) in [5, 5.41) is 11.5. The summed E-state index contributed by atoms with van der Waals surface area (Å²) >= 11 is 0. The predicted molar refractivity (Wildman–Crippen MR) is 76.8 cm³/mol. The Morgan fingerprint density at radius 1 is 1.09 bits per heavy atom. The number of piperidine rings is 1. The molecule has 2 rings (SSSR count). The fourth-order valence-corrected chi connectivity index (χ4v) is 3.54. The van der Waals surface area contributed by atoms with Crippen LogP contribution in [0.4, 0.5) is 18.0 Å². The van der Waals surface area contributed by atoms with E-state index in [1.807, 2.05) is 0 Å². The number of rotatable bonds is 3. The fourth-order valence-electron chi connectivity index (χ4n) is 3.54. The van der Waals surface area contributed by atoms with Crippen LogP contribution in [-0.4, -0.2) is 47.8 Å². The maximum atomic E-state index is 13.0. The van der Waals surface area contributed by atoms with Crippen LogP contribution in [0.1, 0.15) is 38.5 Å². The van der Waals surface area contributed by atoms with Crippen LogP contribution in [-0.2, 0) is 4.79 Å². The molecule has 0 aromatic rings. The van der Waals surface area contributed by atoms with Gasteiger partial charge >= 0.3 is 18.2 Å². The summed E-state index contributed by atoms with van der Waals surface area (Å²) in [4.78, 5) is 24.4. The van der Waals surface area contributed by atoms with Crippen molar-refractivity contribution in [3.05, 3.63) is 0 Å². The smallest absolute Gasteiger partial charge is 0.392 e. The predicted octanol–water partition coefficient (Wildman–Crippen LogP) is 2.86. The standard InChI is InChI=1S/C15H23F3N2O3/c16-15(17,18)12-4-2-1-3-11(12)9-19-14(23)20-7-5-10(6-8-20)13(21)22/h10-12H,1-9H2,(H,19,23)(H,21,22)/t11-,12-/m1/s1. The summed E-state index contributed by atoms with van der Waals surface area (Å²) in [7, 11) is 0. The Morgan fingerprint density at radius 2 is 1.70 bits per heavy atom. The number of amides is 2. The molecule has 2 atom stereocenters. The average molecular weight is 336 g/mol. The van der Waals surface area contributed by atoms with E-state index in [0.717, 1.165) is 6.42 Å². The minimum absolute atomic E-state index is 0.0296. The molecule has 0 bridgehead atoms. The first kappa shape index (κ1) is 17.9. The highest BCUT2D eigenvalue weighted by atomic mass is 19.4. The van der Waals surface area contributed by atoms with E-state index in [0.29, 0.717) is 38.8 Å². The third kappa shape index (κ3) is 4.75. The highest BCUT2D eigenvalue weighted by molar-refractivity contribution is 5.75. The molecule has 1 saturated carbocycles. The maximum absolute atomic E-state index is 13.0. The maximum Gasteiger partial charge on any atom is 0.392 e. The van der Waals surface area contributed by atoms with Crippen molar-refractivity contribution in [2.45, 2.75) is 44.7 Å². The molecule has 0 radical (unpaired) electrons. The Balaban J connectivity index is 1.80. The van der Waals surface area contributed by atoms with Crippen molar-refractivity contribution in [2.75, 3.05) is 19.6 Å². The lowest BCUT2D eigenvalue weighted by Crippen LogP contribution is -2.48. The van der Waals surface area contributed by atoms with Crippen LogP contribution in [0.5, 0.6) is 0 Å². The van der Waals surface area contributed by atoms with Crippen molar-refractivity contribution in [2.24, 2.45) is 17.8 Å². The molecule has 2 N–H and O–H groups in total. The van der Waals surface area contributed by atoms with Crippen LogP contribution in [0, 0.1) is 17.8 Å². The quantitative estimate of drug-likeness (QED) is 0.833. The van der Waals surface area contributed by atoms with E-state index in [-0.39, 0.29) is 19.0 Å². The number of nitrogens with zero attached hydrogens (tertiary/aromatic N) is 1. The topological polar surface area (TPSA) is 69.6 Å². The molecule has 2 fully saturated rings. The van der Waals surface area contributed by atoms with Crippen molar-refractivity contribution in [1.82, 2.24) is 10.2 Å². The SMILES string of the molecule is O=C(O)C1CCN(C(=O)NC[C@H]2CCCC[C@H]2C(F)(F)F)CC1. The van der Waals surface area contributed by atoms with Gasteiger partial charge in [-0.1, -0.05) is 12.8 Å². The summed E-state index contributed by atoms with van der Waals surface area (Å²) in [6.07, 6.45) is -1.49. The number of likely N-dealkylation sites (tertiary alicyclic amines) is 1. The van der Waals surface area contributed by atoms with E-state index in [2.05, 4.69) is 5.32 Å². The lowest BCUT2D eigenvalue weighted by Gasteiger charge is -2.34.